The highest BCUT2D eigenvalue weighted by atomic mass is 35.5. The number of pyridine rings is 1. The first-order chi connectivity index (χ1) is 7.65. The SMILES string of the molecule is Clc1ccc(Sc2cc(Cl)nnc2Cl)nc1. The number of nitrogens with zero attached hydrogens (tertiary/aromatic N) is 3. The summed E-state index contributed by atoms with van der Waals surface area (Å²) in [5.74, 6) is 0. The van der Waals surface area contributed by atoms with Crippen molar-refractivity contribution in [3.8, 4) is 0 Å². The maximum atomic E-state index is 5.87. The van der Waals surface area contributed by atoms with E-state index in [1.54, 1.807) is 24.4 Å². The first-order valence-corrected chi connectivity index (χ1v) is 6.08. The fraction of sp³-hybridized carbons (Fsp3) is 0. The van der Waals surface area contributed by atoms with Crippen LogP contribution in [0.3, 0.4) is 0 Å². The van der Waals surface area contributed by atoms with E-state index in [9.17, 15) is 0 Å². The lowest BCUT2D eigenvalue weighted by atomic mass is 10.5. The molecule has 0 amide bonds. The van der Waals surface area contributed by atoms with Gasteiger partial charge in [-0.05, 0) is 18.2 Å². The summed E-state index contributed by atoms with van der Waals surface area (Å²) in [4.78, 5) is 4.83. The maximum absolute atomic E-state index is 5.87. The molecule has 0 atom stereocenters. The third-order valence-corrected chi connectivity index (χ3v) is 3.38. The van der Waals surface area contributed by atoms with Gasteiger partial charge in [0.05, 0.1) is 9.92 Å². The van der Waals surface area contributed by atoms with Crippen LogP contribution in [0.5, 0.6) is 0 Å². The third kappa shape index (κ3) is 2.98. The van der Waals surface area contributed by atoms with Gasteiger partial charge in [0.15, 0.2) is 10.3 Å². The summed E-state index contributed by atoms with van der Waals surface area (Å²) in [5, 5.41) is 9.26. The molecule has 3 nitrogen and oxygen atoms in total. The lowest BCUT2D eigenvalue weighted by Gasteiger charge is -2.02. The second-order valence-corrected chi connectivity index (χ2v) is 4.98. The molecule has 0 saturated carbocycles. The van der Waals surface area contributed by atoms with Crippen molar-refractivity contribution >= 4 is 46.6 Å². The van der Waals surface area contributed by atoms with Gasteiger partial charge in [-0.2, -0.15) is 0 Å². The van der Waals surface area contributed by atoms with E-state index in [4.69, 9.17) is 34.8 Å². The number of rotatable bonds is 2. The smallest absolute Gasteiger partial charge is 0.165 e. The van der Waals surface area contributed by atoms with Gasteiger partial charge >= 0.3 is 0 Å². The number of hydrogen-bond acceptors (Lipinski definition) is 4. The molecule has 0 aliphatic carbocycles. The molecule has 16 heavy (non-hydrogen) atoms. The van der Waals surface area contributed by atoms with Crippen LogP contribution < -0.4 is 0 Å². The highest BCUT2D eigenvalue weighted by molar-refractivity contribution is 7.99. The van der Waals surface area contributed by atoms with Crippen LogP contribution in [0, 0.1) is 0 Å². The van der Waals surface area contributed by atoms with Crippen LogP contribution in [0.1, 0.15) is 0 Å². The molecule has 0 saturated heterocycles. The van der Waals surface area contributed by atoms with E-state index in [0.29, 0.717) is 20.2 Å². The summed E-state index contributed by atoms with van der Waals surface area (Å²) in [7, 11) is 0. The van der Waals surface area contributed by atoms with Crippen molar-refractivity contribution in [1.82, 2.24) is 15.2 Å². The van der Waals surface area contributed by atoms with E-state index in [-0.39, 0.29) is 0 Å². The van der Waals surface area contributed by atoms with Crippen LogP contribution in [-0.4, -0.2) is 15.2 Å². The van der Waals surface area contributed by atoms with Gasteiger partial charge in [0.2, 0.25) is 0 Å². The third-order valence-electron chi connectivity index (χ3n) is 1.60. The van der Waals surface area contributed by atoms with E-state index < -0.39 is 0 Å². The molecule has 7 heteroatoms. The minimum absolute atomic E-state index is 0.292. The van der Waals surface area contributed by atoms with Crippen molar-refractivity contribution in [2.45, 2.75) is 9.92 Å². The van der Waals surface area contributed by atoms with Crippen molar-refractivity contribution in [3.63, 3.8) is 0 Å². The molecule has 0 N–H and O–H groups in total. The quantitative estimate of drug-likeness (QED) is 0.839. The van der Waals surface area contributed by atoms with Gasteiger partial charge in [-0.15, -0.1) is 10.2 Å². The molecule has 82 valence electrons. The summed E-state index contributed by atoms with van der Waals surface area (Å²) in [6.45, 7) is 0. The molecule has 2 rings (SSSR count). The van der Waals surface area contributed by atoms with Crippen molar-refractivity contribution < 1.29 is 0 Å². The molecule has 2 aromatic rings. The van der Waals surface area contributed by atoms with E-state index in [1.165, 1.54) is 11.8 Å². The highest BCUT2D eigenvalue weighted by Gasteiger charge is 2.07. The molecule has 0 radical (unpaired) electrons. The lowest BCUT2D eigenvalue weighted by Crippen LogP contribution is -1.87. The van der Waals surface area contributed by atoms with Crippen LogP contribution in [0.25, 0.3) is 0 Å². The van der Waals surface area contributed by atoms with Gasteiger partial charge in [-0.25, -0.2) is 4.98 Å². The summed E-state index contributed by atoms with van der Waals surface area (Å²) in [6.07, 6.45) is 1.56. The minimum atomic E-state index is 0.292. The zero-order valence-electron chi connectivity index (χ0n) is 7.69. The van der Waals surface area contributed by atoms with Crippen molar-refractivity contribution in [1.29, 1.82) is 0 Å². The average Bonchev–Trinajstić information content (AvgIpc) is 2.27. The van der Waals surface area contributed by atoms with Crippen molar-refractivity contribution in [2.75, 3.05) is 0 Å². The molecule has 2 heterocycles. The predicted molar refractivity (Wildman–Crippen MR) is 65.4 cm³/mol. The minimum Gasteiger partial charge on any atom is -0.248 e. The Balaban J connectivity index is 2.26. The molecular formula is C9H4Cl3N3S. The van der Waals surface area contributed by atoms with Crippen LogP contribution >= 0.6 is 46.6 Å². The zero-order chi connectivity index (χ0) is 11.5. The normalized spacial score (nSPS) is 10.4. The summed E-state index contributed by atoms with van der Waals surface area (Å²) >= 11 is 18.7. The van der Waals surface area contributed by atoms with E-state index in [1.807, 2.05) is 0 Å². The zero-order valence-corrected chi connectivity index (χ0v) is 10.8. The Morgan fingerprint density at radius 1 is 1.06 bits per heavy atom. The molecule has 0 aromatic carbocycles. The molecular weight excluding hydrogens is 289 g/mol. The van der Waals surface area contributed by atoms with Gasteiger partial charge < -0.3 is 0 Å². The number of halogens is 3. The Hall–Kier alpha value is -0.550. The van der Waals surface area contributed by atoms with E-state index in [0.717, 1.165) is 5.03 Å². The highest BCUT2D eigenvalue weighted by Crippen LogP contribution is 2.31. The maximum Gasteiger partial charge on any atom is 0.165 e. The van der Waals surface area contributed by atoms with Crippen molar-refractivity contribution in [3.05, 3.63) is 39.7 Å². The molecule has 0 bridgehead atoms. The van der Waals surface area contributed by atoms with Gasteiger partial charge in [0.25, 0.3) is 0 Å². The van der Waals surface area contributed by atoms with Crippen LogP contribution in [0.15, 0.2) is 34.3 Å². The molecule has 0 fully saturated rings. The number of aromatic nitrogens is 3. The Kier molecular flexibility index (Phi) is 3.86. The van der Waals surface area contributed by atoms with Gasteiger partial charge in [0, 0.05) is 6.20 Å². The fourth-order valence-corrected chi connectivity index (χ4v) is 2.24. The summed E-state index contributed by atoms with van der Waals surface area (Å²) < 4.78 is 0. The predicted octanol–water partition coefficient (Wildman–Crippen LogP) is 3.98. The van der Waals surface area contributed by atoms with Gasteiger partial charge in [-0.3, -0.25) is 0 Å². The monoisotopic (exact) mass is 291 g/mol. The Bertz CT molecular complexity index is 504. The average molecular weight is 293 g/mol. The summed E-state index contributed by atoms with van der Waals surface area (Å²) in [6, 6.07) is 5.18. The van der Waals surface area contributed by atoms with Crippen LogP contribution in [0.2, 0.25) is 15.3 Å². The Labute approximate surface area is 111 Å². The van der Waals surface area contributed by atoms with Gasteiger partial charge in [-0.1, -0.05) is 46.6 Å². The first-order valence-electron chi connectivity index (χ1n) is 4.13. The Morgan fingerprint density at radius 3 is 2.56 bits per heavy atom. The second kappa shape index (κ2) is 5.19. The van der Waals surface area contributed by atoms with Crippen molar-refractivity contribution in [2.24, 2.45) is 0 Å². The molecule has 0 aliphatic rings. The molecule has 0 unspecified atom stereocenters. The second-order valence-electron chi connectivity index (χ2n) is 2.74. The van der Waals surface area contributed by atoms with Crippen LogP contribution in [-0.2, 0) is 0 Å². The molecule has 0 spiro atoms. The van der Waals surface area contributed by atoms with Crippen LogP contribution in [0.4, 0.5) is 0 Å². The van der Waals surface area contributed by atoms with E-state index >= 15 is 0 Å². The lowest BCUT2D eigenvalue weighted by molar-refractivity contribution is 0.996. The van der Waals surface area contributed by atoms with E-state index in [2.05, 4.69) is 15.2 Å². The summed E-state index contributed by atoms with van der Waals surface area (Å²) in [5.41, 5.74) is 0. The number of hydrogen-bond donors (Lipinski definition) is 0. The molecule has 0 aliphatic heterocycles. The standard InChI is InChI=1S/C9H4Cl3N3S/c10-5-1-2-8(13-4-5)16-6-3-7(11)14-15-9(6)12/h1-4H. The molecule has 2 aromatic heterocycles. The van der Waals surface area contributed by atoms with Gasteiger partial charge in [0.1, 0.15) is 5.03 Å². The fourth-order valence-electron chi connectivity index (χ4n) is 0.944. The largest absolute Gasteiger partial charge is 0.248 e. The first kappa shape index (κ1) is 11.9. The Morgan fingerprint density at radius 2 is 1.88 bits per heavy atom. The topological polar surface area (TPSA) is 38.7 Å².